The van der Waals surface area contributed by atoms with Gasteiger partial charge in [-0.15, -0.1) is 28.1 Å². The Labute approximate surface area is 164 Å². The quantitative estimate of drug-likeness (QED) is 0.354. The van der Waals surface area contributed by atoms with Gasteiger partial charge in [0, 0.05) is 36.4 Å². The molecule has 27 heavy (non-hydrogen) atoms. The second kappa shape index (κ2) is 7.89. The largest absolute Gasteiger partial charge is 0.302 e. The van der Waals surface area contributed by atoms with Gasteiger partial charge in [-0.3, -0.25) is 9.20 Å². The summed E-state index contributed by atoms with van der Waals surface area (Å²) >= 11 is 2.98. The summed E-state index contributed by atoms with van der Waals surface area (Å²) < 4.78 is 3.61. The van der Waals surface area contributed by atoms with Crippen molar-refractivity contribution in [3.05, 3.63) is 88.1 Å². The maximum atomic E-state index is 12.1. The molecule has 0 unspecified atom stereocenters. The van der Waals surface area contributed by atoms with Gasteiger partial charge in [0.15, 0.2) is 10.1 Å². The molecule has 4 rings (SSSR count). The van der Waals surface area contributed by atoms with Crippen molar-refractivity contribution in [1.29, 1.82) is 0 Å². The number of thiazole rings is 1. The van der Waals surface area contributed by atoms with E-state index in [2.05, 4.69) is 38.5 Å². The van der Waals surface area contributed by atoms with E-state index in [-0.39, 0.29) is 5.56 Å². The van der Waals surface area contributed by atoms with Crippen LogP contribution in [0.2, 0.25) is 0 Å². The molecular weight excluding hydrogens is 378 g/mol. The van der Waals surface area contributed by atoms with Crippen LogP contribution in [0.25, 0.3) is 4.96 Å². The van der Waals surface area contributed by atoms with Gasteiger partial charge in [-0.1, -0.05) is 48.2 Å². The van der Waals surface area contributed by atoms with E-state index in [1.54, 1.807) is 16.7 Å². The molecule has 0 amide bonds. The molecule has 0 bridgehead atoms. The van der Waals surface area contributed by atoms with E-state index in [4.69, 9.17) is 0 Å². The highest BCUT2D eigenvalue weighted by Crippen LogP contribution is 2.22. The number of benzene rings is 1. The van der Waals surface area contributed by atoms with Gasteiger partial charge < -0.3 is 4.57 Å². The Morgan fingerprint density at radius 2 is 2.07 bits per heavy atom. The molecule has 6 nitrogen and oxygen atoms in total. The third-order valence-electron chi connectivity index (χ3n) is 4.02. The molecule has 3 aromatic heterocycles. The highest BCUT2D eigenvalue weighted by molar-refractivity contribution is 7.98. The Morgan fingerprint density at radius 3 is 2.89 bits per heavy atom. The van der Waals surface area contributed by atoms with Crippen molar-refractivity contribution >= 4 is 28.1 Å². The molecule has 0 fully saturated rings. The smallest absolute Gasteiger partial charge is 0.258 e. The topological polar surface area (TPSA) is 65.1 Å². The van der Waals surface area contributed by atoms with Crippen LogP contribution >= 0.6 is 23.1 Å². The lowest BCUT2D eigenvalue weighted by molar-refractivity contribution is 0.690. The summed E-state index contributed by atoms with van der Waals surface area (Å²) in [5, 5.41) is 11.4. The van der Waals surface area contributed by atoms with E-state index < -0.39 is 0 Å². The second-order valence-corrected chi connectivity index (χ2v) is 7.71. The zero-order chi connectivity index (χ0) is 18.6. The van der Waals surface area contributed by atoms with Crippen molar-refractivity contribution in [2.24, 2.45) is 0 Å². The first-order valence-corrected chi connectivity index (χ1v) is 10.3. The molecule has 0 atom stereocenters. The summed E-state index contributed by atoms with van der Waals surface area (Å²) in [5.41, 5.74) is 1.86. The lowest BCUT2D eigenvalue weighted by Crippen LogP contribution is -2.12. The minimum atomic E-state index is -0.0609. The van der Waals surface area contributed by atoms with E-state index in [1.807, 2.05) is 29.7 Å². The molecule has 0 saturated heterocycles. The molecule has 0 N–H and O–H groups in total. The SMILES string of the molecule is C=CCn1c(Cc2ccccc2)nnc1SCc1cc(=O)n2ccsc2n1. The van der Waals surface area contributed by atoms with Gasteiger partial charge >= 0.3 is 0 Å². The molecule has 0 aliphatic rings. The summed E-state index contributed by atoms with van der Waals surface area (Å²) in [6.45, 7) is 4.48. The molecule has 3 heterocycles. The standard InChI is InChI=1S/C19H17N5OS2/c1-2-8-23-16(11-14-6-4-3-5-7-14)21-22-19(23)27-13-15-12-17(25)24-9-10-26-18(24)20-15/h2-7,9-10,12H,1,8,11,13H2. The van der Waals surface area contributed by atoms with Crippen LogP contribution in [0, 0.1) is 0 Å². The number of aromatic nitrogens is 5. The second-order valence-electron chi connectivity index (χ2n) is 5.89. The van der Waals surface area contributed by atoms with Crippen molar-refractivity contribution in [2.45, 2.75) is 23.9 Å². The van der Waals surface area contributed by atoms with Gasteiger partial charge in [0.05, 0.1) is 5.69 Å². The predicted octanol–water partition coefficient (Wildman–Crippen LogP) is 3.42. The molecule has 0 aliphatic carbocycles. The molecule has 0 spiro atoms. The molecule has 0 saturated carbocycles. The number of thioether (sulfide) groups is 1. The van der Waals surface area contributed by atoms with Crippen molar-refractivity contribution < 1.29 is 0 Å². The number of allylic oxidation sites excluding steroid dienone is 1. The van der Waals surface area contributed by atoms with Crippen molar-refractivity contribution in [2.75, 3.05) is 0 Å². The Kier molecular flexibility index (Phi) is 5.17. The first kappa shape index (κ1) is 17.7. The molecule has 1 aromatic carbocycles. The van der Waals surface area contributed by atoms with Crippen LogP contribution in [0.4, 0.5) is 0 Å². The zero-order valence-electron chi connectivity index (χ0n) is 14.5. The normalized spacial score (nSPS) is 11.1. The van der Waals surface area contributed by atoms with Gasteiger partial charge in [0.2, 0.25) is 0 Å². The number of hydrogen-bond donors (Lipinski definition) is 0. The van der Waals surface area contributed by atoms with E-state index in [0.717, 1.165) is 16.7 Å². The van der Waals surface area contributed by atoms with Crippen molar-refractivity contribution in [3.63, 3.8) is 0 Å². The van der Waals surface area contributed by atoms with Gasteiger partial charge in [0.1, 0.15) is 5.82 Å². The summed E-state index contributed by atoms with van der Waals surface area (Å²) in [6, 6.07) is 11.8. The minimum Gasteiger partial charge on any atom is -0.302 e. The van der Waals surface area contributed by atoms with Crippen molar-refractivity contribution in [3.8, 4) is 0 Å². The van der Waals surface area contributed by atoms with Gasteiger partial charge in [0.25, 0.3) is 5.56 Å². The van der Waals surface area contributed by atoms with Gasteiger partial charge in [-0.05, 0) is 5.56 Å². The van der Waals surface area contributed by atoms with Crippen LogP contribution in [-0.2, 0) is 18.7 Å². The van der Waals surface area contributed by atoms with Gasteiger partial charge in [-0.2, -0.15) is 0 Å². The summed E-state index contributed by atoms with van der Waals surface area (Å²) in [5.74, 6) is 1.45. The zero-order valence-corrected chi connectivity index (χ0v) is 16.1. The first-order valence-electron chi connectivity index (χ1n) is 8.40. The summed E-state index contributed by atoms with van der Waals surface area (Å²) in [6.07, 6.45) is 4.29. The molecule has 8 heteroatoms. The molecule has 136 valence electrons. The summed E-state index contributed by atoms with van der Waals surface area (Å²) in [7, 11) is 0. The van der Waals surface area contributed by atoms with Crippen LogP contribution in [0.3, 0.4) is 0 Å². The Balaban J connectivity index is 1.55. The van der Waals surface area contributed by atoms with E-state index in [0.29, 0.717) is 23.7 Å². The number of nitrogens with zero attached hydrogens (tertiary/aromatic N) is 5. The minimum absolute atomic E-state index is 0.0609. The number of hydrogen-bond acceptors (Lipinski definition) is 6. The highest BCUT2D eigenvalue weighted by atomic mass is 32.2. The fourth-order valence-corrected chi connectivity index (χ4v) is 4.35. The van der Waals surface area contributed by atoms with E-state index in [9.17, 15) is 4.79 Å². The van der Waals surface area contributed by atoms with Gasteiger partial charge in [-0.25, -0.2) is 4.98 Å². The number of fused-ring (bicyclic) bond motifs is 1. The predicted molar refractivity (Wildman–Crippen MR) is 108 cm³/mol. The lowest BCUT2D eigenvalue weighted by Gasteiger charge is -2.07. The summed E-state index contributed by atoms with van der Waals surface area (Å²) in [4.78, 5) is 17.4. The number of rotatable bonds is 7. The lowest BCUT2D eigenvalue weighted by atomic mass is 10.1. The van der Waals surface area contributed by atoms with Crippen LogP contribution < -0.4 is 5.56 Å². The van der Waals surface area contributed by atoms with Crippen LogP contribution in [0.1, 0.15) is 17.1 Å². The fraction of sp³-hybridized carbons (Fsp3) is 0.158. The average molecular weight is 396 g/mol. The Hall–Kier alpha value is -2.71. The highest BCUT2D eigenvalue weighted by Gasteiger charge is 2.13. The molecular formula is C19H17N5OS2. The monoisotopic (exact) mass is 395 g/mol. The molecule has 0 aliphatic heterocycles. The van der Waals surface area contributed by atoms with E-state index >= 15 is 0 Å². The van der Waals surface area contributed by atoms with Crippen LogP contribution in [0.15, 0.2) is 70.6 Å². The molecule has 0 radical (unpaired) electrons. The average Bonchev–Trinajstić information content (AvgIpc) is 3.29. The van der Waals surface area contributed by atoms with E-state index in [1.165, 1.54) is 28.7 Å². The third kappa shape index (κ3) is 3.86. The maximum Gasteiger partial charge on any atom is 0.258 e. The Morgan fingerprint density at radius 1 is 1.22 bits per heavy atom. The van der Waals surface area contributed by atoms with Crippen LogP contribution in [-0.4, -0.2) is 24.1 Å². The van der Waals surface area contributed by atoms with Crippen LogP contribution in [0.5, 0.6) is 0 Å². The third-order valence-corrected chi connectivity index (χ3v) is 5.77. The maximum absolute atomic E-state index is 12.1. The first-order chi connectivity index (χ1) is 13.2. The Bertz CT molecular complexity index is 1130. The molecule has 4 aromatic rings. The van der Waals surface area contributed by atoms with Crippen molar-refractivity contribution in [1.82, 2.24) is 24.1 Å². The fourth-order valence-electron chi connectivity index (χ4n) is 2.75.